The Balaban J connectivity index is 1.87. The standard InChI is InChI=1S/C12H11Si.C10H21NO.C9H13.Ti/c1-3-7-11(8-4-1)13-12-9-5-2-6-10-12;1-2-3-4-5-6-7-8-9-10(11)12;1-6-5-7(2)9(4)8(6)3;/h1-10,13H;2-9H2,1H3,(H2,11,12);6H,1-4H3;/q;;;+1/p-1. The van der Waals surface area contributed by atoms with Crippen LogP contribution in [0.1, 0.15) is 86.0 Å². The van der Waals surface area contributed by atoms with E-state index in [9.17, 15) is 4.79 Å². The van der Waals surface area contributed by atoms with E-state index in [2.05, 4.69) is 99.1 Å². The zero-order chi connectivity index (χ0) is 25.2. The molecule has 1 atom stereocenters. The summed E-state index contributed by atoms with van der Waals surface area (Å²) in [6, 6.07) is 22.1. The van der Waals surface area contributed by atoms with Crippen LogP contribution < -0.4 is 14.2 Å². The molecule has 0 radical (unpaired) electrons. The summed E-state index contributed by atoms with van der Waals surface area (Å²) < 4.78 is 5.37. The number of unbranched alkanes of at least 4 members (excludes halogenated alkanes) is 6. The van der Waals surface area contributed by atoms with E-state index in [0.29, 0.717) is 12.3 Å². The second kappa shape index (κ2) is 14.2. The van der Waals surface area contributed by atoms with Crippen LogP contribution in [-0.2, 0) is 22.2 Å². The summed E-state index contributed by atoms with van der Waals surface area (Å²) in [7, 11) is 0. The Morgan fingerprint density at radius 1 is 0.800 bits per heavy atom. The average Bonchev–Trinajstić information content (AvgIpc) is 3.06. The molecule has 1 N–H and O–H groups in total. The molecule has 0 bridgehead atoms. The first kappa shape index (κ1) is 27.9. The van der Waals surface area contributed by atoms with E-state index in [0.717, 1.165) is 6.42 Å². The second-order valence-electron chi connectivity index (χ2n) is 10.2. The number of rotatable bonds is 13. The number of hydrogen-bond acceptors (Lipinski definition) is 1. The fourth-order valence-electron chi connectivity index (χ4n) is 5.37. The van der Waals surface area contributed by atoms with Gasteiger partial charge in [0, 0.05) is 0 Å². The molecule has 2 aromatic rings. The van der Waals surface area contributed by atoms with Gasteiger partial charge in [-0.25, -0.2) is 0 Å². The molecule has 0 fully saturated rings. The Hall–Kier alpha value is -1.68. The summed E-state index contributed by atoms with van der Waals surface area (Å²) in [6.07, 6.45) is 9.35. The molecule has 187 valence electrons. The van der Waals surface area contributed by atoms with Gasteiger partial charge < -0.3 is 0 Å². The summed E-state index contributed by atoms with van der Waals surface area (Å²) in [4.78, 5) is 13.4. The van der Waals surface area contributed by atoms with Gasteiger partial charge in [0.05, 0.1) is 0 Å². The SMILES string of the molecule is CCCCCCCCCC(=O)[NH][Ti]([C]1=C(C)C(C)=C(C)C1C)[SiH](c1ccccc1)c1ccccc1. The topological polar surface area (TPSA) is 29.1 Å². The molecule has 0 aromatic heterocycles. The number of amides is 1. The van der Waals surface area contributed by atoms with E-state index in [4.69, 9.17) is 0 Å². The van der Waals surface area contributed by atoms with Gasteiger partial charge in [0.2, 0.25) is 0 Å². The molecule has 0 heterocycles. The minimum atomic E-state index is -2.18. The maximum absolute atomic E-state index is 13.4. The van der Waals surface area contributed by atoms with Gasteiger partial charge in [-0.15, -0.1) is 0 Å². The van der Waals surface area contributed by atoms with Crippen molar-refractivity contribution in [3.8, 4) is 0 Å². The Bertz CT molecular complexity index is 975. The number of nitrogens with one attached hydrogen (secondary N) is 1. The van der Waals surface area contributed by atoms with E-state index in [1.807, 2.05) is 0 Å². The van der Waals surface area contributed by atoms with Gasteiger partial charge in [-0.3, -0.25) is 0 Å². The molecule has 0 spiro atoms. The third kappa shape index (κ3) is 7.41. The van der Waals surface area contributed by atoms with Gasteiger partial charge in [0.1, 0.15) is 0 Å². The summed E-state index contributed by atoms with van der Waals surface area (Å²) in [5, 5.41) is 2.92. The molecule has 1 aliphatic carbocycles. The fraction of sp³-hybridized carbons (Fsp3) is 0.452. The van der Waals surface area contributed by atoms with Gasteiger partial charge in [-0.2, -0.15) is 0 Å². The van der Waals surface area contributed by atoms with Crippen molar-refractivity contribution in [1.82, 2.24) is 3.80 Å². The zero-order valence-corrected chi connectivity index (χ0v) is 25.2. The zero-order valence-electron chi connectivity index (χ0n) is 22.5. The van der Waals surface area contributed by atoms with Crippen molar-refractivity contribution in [2.24, 2.45) is 5.92 Å². The molecule has 2 nitrogen and oxygen atoms in total. The van der Waals surface area contributed by atoms with E-state index in [-0.39, 0.29) is 5.91 Å². The summed E-state index contributed by atoms with van der Waals surface area (Å²) in [6.45, 7) is 9.86. The quantitative estimate of drug-likeness (QED) is 0.234. The molecular formula is C31H44NOSiTi. The Morgan fingerprint density at radius 3 is 1.80 bits per heavy atom. The first-order valence-electron chi connectivity index (χ1n) is 13.6. The van der Waals surface area contributed by atoms with Crippen LogP contribution in [0.5, 0.6) is 0 Å². The number of carbonyl (C=O) groups excluding carboxylic acids is 1. The number of benzene rings is 2. The van der Waals surface area contributed by atoms with Crippen LogP contribution >= 0.6 is 0 Å². The van der Waals surface area contributed by atoms with Crippen molar-refractivity contribution in [3.63, 3.8) is 0 Å². The van der Waals surface area contributed by atoms with E-state index >= 15 is 0 Å². The fourth-order valence-corrected chi connectivity index (χ4v) is 20.6. The molecule has 1 amide bonds. The molecule has 0 saturated carbocycles. The average molecular weight is 523 g/mol. The van der Waals surface area contributed by atoms with Crippen molar-refractivity contribution in [2.75, 3.05) is 0 Å². The molecule has 4 heteroatoms. The van der Waals surface area contributed by atoms with Gasteiger partial charge in [-0.05, 0) is 0 Å². The number of allylic oxidation sites excluding steroid dienone is 4. The van der Waals surface area contributed by atoms with Gasteiger partial charge in [0.15, 0.2) is 0 Å². The van der Waals surface area contributed by atoms with Crippen LogP contribution in [0.15, 0.2) is 81.3 Å². The first-order chi connectivity index (χ1) is 17.0. The van der Waals surface area contributed by atoms with E-state index in [1.54, 1.807) is 3.88 Å². The molecule has 0 saturated heterocycles. The van der Waals surface area contributed by atoms with E-state index in [1.165, 1.54) is 65.6 Å². The van der Waals surface area contributed by atoms with Crippen LogP contribution in [-0.4, -0.2) is 12.6 Å². The van der Waals surface area contributed by atoms with Crippen molar-refractivity contribution >= 4 is 22.9 Å². The number of carbonyl (C=O) groups is 1. The van der Waals surface area contributed by atoms with Crippen LogP contribution in [0.3, 0.4) is 0 Å². The number of hydrogen-bond donors (Lipinski definition) is 1. The monoisotopic (exact) mass is 522 g/mol. The maximum atomic E-state index is 13.4. The summed E-state index contributed by atoms with van der Waals surface area (Å²) in [5.41, 5.74) is 4.37. The van der Waals surface area contributed by atoms with Gasteiger partial charge in [-0.1, -0.05) is 0 Å². The molecule has 0 aliphatic heterocycles. The third-order valence-corrected chi connectivity index (χ3v) is 21.2. The molecular weight excluding hydrogens is 478 g/mol. The van der Waals surface area contributed by atoms with Crippen molar-refractivity contribution in [1.29, 1.82) is 0 Å². The van der Waals surface area contributed by atoms with Gasteiger partial charge >= 0.3 is 222 Å². The van der Waals surface area contributed by atoms with E-state index < -0.39 is 24.0 Å². The molecule has 35 heavy (non-hydrogen) atoms. The third-order valence-electron chi connectivity index (χ3n) is 7.77. The molecule has 3 rings (SSSR count). The summed E-state index contributed by atoms with van der Waals surface area (Å²) >= 11 is -2.18. The van der Waals surface area contributed by atoms with Crippen LogP contribution in [0.4, 0.5) is 0 Å². The Morgan fingerprint density at radius 2 is 1.31 bits per heavy atom. The summed E-state index contributed by atoms with van der Waals surface area (Å²) in [5.74, 6) is 0.721. The minimum absolute atomic E-state index is 0.285. The van der Waals surface area contributed by atoms with Crippen molar-refractivity contribution in [3.05, 3.63) is 81.3 Å². The second-order valence-corrected chi connectivity index (χ2v) is 20.0. The van der Waals surface area contributed by atoms with Crippen molar-refractivity contribution in [2.45, 2.75) is 86.0 Å². The van der Waals surface area contributed by atoms with Crippen LogP contribution in [0, 0.1) is 5.92 Å². The van der Waals surface area contributed by atoms with Crippen molar-refractivity contribution < 1.29 is 22.2 Å². The predicted octanol–water partition coefficient (Wildman–Crippen LogP) is 6.57. The Labute approximate surface area is 221 Å². The van der Waals surface area contributed by atoms with Crippen LogP contribution in [0.25, 0.3) is 0 Å². The Kier molecular flexibility index (Phi) is 11.3. The first-order valence-corrected chi connectivity index (χ1v) is 19.6. The molecule has 2 aromatic carbocycles. The molecule has 1 aliphatic rings. The van der Waals surface area contributed by atoms with Gasteiger partial charge in [0.25, 0.3) is 0 Å². The predicted molar refractivity (Wildman–Crippen MR) is 150 cm³/mol. The molecule has 1 unspecified atom stereocenters. The van der Waals surface area contributed by atoms with Crippen LogP contribution in [0.2, 0.25) is 0 Å². The normalized spacial score (nSPS) is 15.8.